The zero-order valence-electron chi connectivity index (χ0n) is 6.35. The van der Waals surface area contributed by atoms with Crippen LogP contribution in [0.25, 0.3) is 0 Å². The summed E-state index contributed by atoms with van der Waals surface area (Å²) in [6.45, 7) is 3.60. The first-order valence-electron chi connectivity index (χ1n) is 3.39. The molecule has 0 aliphatic rings. The van der Waals surface area contributed by atoms with E-state index in [0.717, 1.165) is 12.8 Å². The first-order valence-corrected chi connectivity index (χ1v) is 3.39. The molecule has 0 radical (unpaired) electrons. The van der Waals surface area contributed by atoms with Crippen LogP contribution >= 0.6 is 0 Å². The van der Waals surface area contributed by atoms with Crippen LogP contribution in [0.1, 0.15) is 26.7 Å². The lowest BCUT2D eigenvalue weighted by molar-refractivity contribution is -0.139. The maximum absolute atomic E-state index is 10.2. The van der Waals surface area contributed by atoms with E-state index in [0.29, 0.717) is 0 Å². The molecule has 0 aromatic rings. The number of carbonyl (C=O) groups is 1. The van der Waals surface area contributed by atoms with E-state index in [4.69, 9.17) is 5.11 Å². The number of hydrogen-bond acceptors (Lipinski definition) is 1. The van der Waals surface area contributed by atoms with Crippen molar-refractivity contribution in [3.8, 4) is 11.8 Å². The number of unbranched alkanes of at least 4 members (excludes halogenated alkanes) is 1. The zero-order chi connectivity index (χ0) is 7.98. The van der Waals surface area contributed by atoms with Gasteiger partial charge in [0.15, 0.2) is 0 Å². The van der Waals surface area contributed by atoms with E-state index in [9.17, 15) is 4.79 Å². The molecule has 0 bridgehead atoms. The standard InChI is InChI=1S/C8H12O2/c1-3-4-5-6-7(2)8(9)10/h7H,3-4H2,1-2H3,(H,9,10). The van der Waals surface area contributed by atoms with E-state index < -0.39 is 11.9 Å². The summed E-state index contributed by atoms with van der Waals surface area (Å²) in [7, 11) is 0. The van der Waals surface area contributed by atoms with E-state index in [1.165, 1.54) is 0 Å². The van der Waals surface area contributed by atoms with Gasteiger partial charge in [0, 0.05) is 6.42 Å². The van der Waals surface area contributed by atoms with Gasteiger partial charge in [-0.25, -0.2) is 0 Å². The van der Waals surface area contributed by atoms with Crippen LogP contribution in [0.15, 0.2) is 0 Å². The van der Waals surface area contributed by atoms with Crippen molar-refractivity contribution in [1.82, 2.24) is 0 Å². The molecule has 0 aliphatic heterocycles. The van der Waals surface area contributed by atoms with Gasteiger partial charge in [0.05, 0.1) is 0 Å². The molecule has 1 atom stereocenters. The van der Waals surface area contributed by atoms with Crippen LogP contribution in [-0.2, 0) is 4.79 Å². The minimum atomic E-state index is -0.844. The summed E-state index contributed by atoms with van der Waals surface area (Å²) >= 11 is 0. The summed E-state index contributed by atoms with van der Waals surface area (Å²) in [5, 5.41) is 8.38. The normalized spacial score (nSPS) is 11.4. The minimum Gasteiger partial charge on any atom is -0.480 e. The molecular formula is C8H12O2. The van der Waals surface area contributed by atoms with Gasteiger partial charge in [0.2, 0.25) is 0 Å². The average molecular weight is 140 g/mol. The highest BCUT2D eigenvalue weighted by Gasteiger charge is 2.04. The van der Waals surface area contributed by atoms with Gasteiger partial charge in [0.25, 0.3) is 0 Å². The second kappa shape index (κ2) is 4.87. The van der Waals surface area contributed by atoms with E-state index in [1.54, 1.807) is 6.92 Å². The van der Waals surface area contributed by atoms with Crippen molar-refractivity contribution in [1.29, 1.82) is 0 Å². The molecule has 0 spiro atoms. The van der Waals surface area contributed by atoms with Gasteiger partial charge in [-0.15, -0.1) is 5.92 Å². The number of rotatable bonds is 2. The van der Waals surface area contributed by atoms with Crippen molar-refractivity contribution in [2.24, 2.45) is 5.92 Å². The topological polar surface area (TPSA) is 37.3 Å². The third-order valence-corrected chi connectivity index (χ3v) is 1.06. The monoisotopic (exact) mass is 140 g/mol. The molecule has 1 unspecified atom stereocenters. The van der Waals surface area contributed by atoms with Gasteiger partial charge in [-0.05, 0) is 13.3 Å². The Morgan fingerprint density at radius 1 is 1.70 bits per heavy atom. The molecule has 0 amide bonds. The van der Waals surface area contributed by atoms with E-state index in [-0.39, 0.29) is 0 Å². The number of aliphatic carboxylic acids is 1. The summed E-state index contributed by atoms with van der Waals surface area (Å²) in [5.41, 5.74) is 0. The Morgan fingerprint density at radius 2 is 2.30 bits per heavy atom. The molecular weight excluding hydrogens is 128 g/mol. The van der Waals surface area contributed by atoms with Crippen LogP contribution in [-0.4, -0.2) is 11.1 Å². The lowest BCUT2D eigenvalue weighted by Gasteiger charge is -1.91. The van der Waals surface area contributed by atoms with Crippen molar-refractivity contribution in [3.05, 3.63) is 0 Å². The molecule has 10 heavy (non-hydrogen) atoms. The van der Waals surface area contributed by atoms with Gasteiger partial charge in [-0.3, -0.25) is 4.79 Å². The maximum atomic E-state index is 10.2. The molecule has 0 aromatic heterocycles. The molecule has 0 saturated heterocycles. The zero-order valence-corrected chi connectivity index (χ0v) is 6.35. The predicted octanol–water partition coefficient (Wildman–Crippen LogP) is 1.51. The van der Waals surface area contributed by atoms with Crippen LogP contribution in [0.5, 0.6) is 0 Å². The second-order valence-electron chi connectivity index (χ2n) is 2.13. The highest BCUT2D eigenvalue weighted by atomic mass is 16.4. The fourth-order valence-corrected chi connectivity index (χ4v) is 0.412. The Hall–Kier alpha value is -0.970. The first kappa shape index (κ1) is 9.03. The quantitative estimate of drug-likeness (QED) is 0.590. The summed E-state index contributed by atoms with van der Waals surface area (Å²) in [6, 6.07) is 0. The maximum Gasteiger partial charge on any atom is 0.318 e. The van der Waals surface area contributed by atoms with Gasteiger partial charge in [-0.1, -0.05) is 12.8 Å². The lowest BCUT2D eigenvalue weighted by atomic mass is 10.2. The molecule has 2 nitrogen and oxygen atoms in total. The van der Waals surface area contributed by atoms with Gasteiger partial charge < -0.3 is 5.11 Å². The first-order chi connectivity index (χ1) is 4.68. The van der Waals surface area contributed by atoms with Crippen molar-refractivity contribution >= 4 is 5.97 Å². The Bertz CT molecular complexity index is 162. The second-order valence-corrected chi connectivity index (χ2v) is 2.13. The summed E-state index contributed by atoms with van der Waals surface area (Å²) < 4.78 is 0. The molecule has 0 rings (SSSR count). The Kier molecular flexibility index (Phi) is 4.39. The Morgan fingerprint density at radius 3 is 2.70 bits per heavy atom. The van der Waals surface area contributed by atoms with Crippen molar-refractivity contribution < 1.29 is 9.90 Å². The van der Waals surface area contributed by atoms with Crippen molar-refractivity contribution in [2.75, 3.05) is 0 Å². The van der Waals surface area contributed by atoms with Crippen LogP contribution in [0, 0.1) is 17.8 Å². The van der Waals surface area contributed by atoms with E-state index >= 15 is 0 Å². The van der Waals surface area contributed by atoms with Gasteiger partial charge in [0.1, 0.15) is 5.92 Å². The Labute approximate surface area is 61.2 Å². The fourth-order valence-electron chi connectivity index (χ4n) is 0.412. The fraction of sp³-hybridized carbons (Fsp3) is 0.625. The number of hydrogen-bond donors (Lipinski definition) is 1. The largest absolute Gasteiger partial charge is 0.480 e. The van der Waals surface area contributed by atoms with E-state index in [1.807, 2.05) is 6.92 Å². The summed E-state index contributed by atoms with van der Waals surface area (Å²) in [5.74, 6) is 4.05. The minimum absolute atomic E-state index is 0.522. The van der Waals surface area contributed by atoms with Crippen LogP contribution < -0.4 is 0 Å². The van der Waals surface area contributed by atoms with Crippen LogP contribution in [0.2, 0.25) is 0 Å². The average Bonchev–Trinajstić information content (AvgIpc) is 1.88. The highest BCUT2D eigenvalue weighted by molar-refractivity contribution is 5.72. The third kappa shape index (κ3) is 3.96. The summed E-state index contributed by atoms with van der Waals surface area (Å²) in [6.07, 6.45) is 1.77. The van der Waals surface area contributed by atoms with Crippen molar-refractivity contribution in [3.63, 3.8) is 0 Å². The number of carboxylic acid groups (broad SMARTS) is 1. The number of carboxylic acids is 1. The predicted molar refractivity (Wildman–Crippen MR) is 39.5 cm³/mol. The molecule has 2 heteroatoms. The third-order valence-electron chi connectivity index (χ3n) is 1.06. The van der Waals surface area contributed by atoms with Gasteiger partial charge >= 0.3 is 5.97 Å². The smallest absolute Gasteiger partial charge is 0.318 e. The summed E-state index contributed by atoms with van der Waals surface area (Å²) in [4.78, 5) is 10.2. The van der Waals surface area contributed by atoms with Crippen LogP contribution in [0.4, 0.5) is 0 Å². The molecule has 0 fully saturated rings. The van der Waals surface area contributed by atoms with Crippen LogP contribution in [0.3, 0.4) is 0 Å². The Balaban J connectivity index is 3.68. The lowest BCUT2D eigenvalue weighted by Crippen LogP contribution is -2.05. The highest BCUT2D eigenvalue weighted by Crippen LogP contribution is 1.91. The SMILES string of the molecule is CCCC#CC(C)C(=O)O. The van der Waals surface area contributed by atoms with Crippen molar-refractivity contribution in [2.45, 2.75) is 26.7 Å². The van der Waals surface area contributed by atoms with E-state index in [2.05, 4.69) is 11.8 Å². The molecule has 0 saturated carbocycles. The molecule has 0 aliphatic carbocycles. The molecule has 1 N–H and O–H groups in total. The molecule has 56 valence electrons. The van der Waals surface area contributed by atoms with Gasteiger partial charge in [-0.2, -0.15) is 0 Å². The molecule has 0 aromatic carbocycles. The molecule has 0 heterocycles.